The van der Waals surface area contributed by atoms with E-state index in [-0.39, 0.29) is 6.04 Å². The second kappa shape index (κ2) is 9.12. The monoisotopic (exact) mass is 275 g/mol. The number of likely N-dealkylation sites (N-methyl/N-ethyl adjacent to an activating group) is 1. The van der Waals surface area contributed by atoms with Gasteiger partial charge in [-0.25, -0.2) is 4.79 Å². The molecular formula is C13H29N3O3. The number of nitrogens with two attached hydrogens (primary N) is 1. The summed E-state index contributed by atoms with van der Waals surface area (Å²) < 4.78 is 10.5. The highest BCUT2D eigenvalue weighted by molar-refractivity contribution is 5.67. The van der Waals surface area contributed by atoms with Crippen molar-refractivity contribution in [1.82, 2.24) is 10.2 Å². The van der Waals surface area contributed by atoms with Crippen LogP contribution in [-0.4, -0.2) is 62.5 Å². The minimum Gasteiger partial charge on any atom is -0.444 e. The first-order valence-electron chi connectivity index (χ1n) is 6.75. The zero-order chi connectivity index (χ0) is 14.9. The summed E-state index contributed by atoms with van der Waals surface area (Å²) >= 11 is 0. The van der Waals surface area contributed by atoms with E-state index < -0.39 is 11.7 Å². The van der Waals surface area contributed by atoms with Crippen LogP contribution in [0.3, 0.4) is 0 Å². The highest BCUT2D eigenvalue weighted by Crippen LogP contribution is 2.06. The summed E-state index contributed by atoms with van der Waals surface area (Å²) in [4.78, 5) is 13.6. The minimum atomic E-state index is -0.483. The zero-order valence-corrected chi connectivity index (χ0v) is 12.9. The fourth-order valence-electron chi connectivity index (χ4n) is 1.47. The molecule has 0 aliphatic heterocycles. The van der Waals surface area contributed by atoms with E-state index in [9.17, 15) is 4.79 Å². The number of rotatable bonds is 8. The molecule has 3 N–H and O–H groups in total. The van der Waals surface area contributed by atoms with Gasteiger partial charge in [-0.3, -0.25) is 4.90 Å². The molecule has 0 aromatic heterocycles. The van der Waals surface area contributed by atoms with Crippen molar-refractivity contribution in [1.29, 1.82) is 0 Å². The van der Waals surface area contributed by atoms with Crippen LogP contribution in [0.4, 0.5) is 4.79 Å². The molecule has 0 bridgehead atoms. The first-order chi connectivity index (χ1) is 8.80. The predicted molar refractivity (Wildman–Crippen MR) is 76.2 cm³/mol. The van der Waals surface area contributed by atoms with Crippen molar-refractivity contribution in [2.45, 2.75) is 39.3 Å². The van der Waals surface area contributed by atoms with Gasteiger partial charge in [0, 0.05) is 32.3 Å². The predicted octanol–water partition coefficient (Wildman–Crippen LogP) is 0.807. The zero-order valence-electron chi connectivity index (χ0n) is 12.9. The van der Waals surface area contributed by atoms with E-state index in [2.05, 4.69) is 10.2 Å². The molecule has 0 aromatic carbocycles. The third kappa shape index (κ3) is 9.69. The molecule has 0 heterocycles. The Morgan fingerprint density at radius 1 is 1.42 bits per heavy atom. The van der Waals surface area contributed by atoms with E-state index in [0.29, 0.717) is 26.3 Å². The summed E-state index contributed by atoms with van der Waals surface area (Å²) in [7, 11) is 1.97. The maximum atomic E-state index is 11.5. The summed E-state index contributed by atoms with van der Waals surface area (Å²) in [6, 6.07) is 0.0768. The van der Waals surface area contributed by atoms with Crippen molar-refractivity contribution >= 4 is 6.09 Å². The first kappa shape index (κ1) is 18.1. The number of hydrogen-bond acceptors (Lipinski definition) is 5. The molecule has 1 atom stereocenters. The average Bonchev–Trinajstić information content (AvgIpc) is 2.27. The Bertz CT molecular complexity index is 254. The lowest BCUT2D eigenvalue weighted by molar-refractivity contribution is 0.0505. The molecule has 0 aliphatic carbocycles. The molecular weight excluding hydrogens is 246 g/mol. The lowest BCUT2D eigenvalue weighted by Gasteiger charge is -2.27. The summed E-state index contributed by atoms with van der Waals surface area (Å²) in [5, 5.41) is 2.74. The lowest BCUT2D eigenvalue weighted by Crippen LogP contribution is -2.48. The van der Waals surface area contributed by atoms with Crippen molar-refractivity contribution in [3.63, 3.8) is 0 Å². The molecule has 0 saturated heterocycles. The first-order valence-corrected chi connectivity index (χ1v) is 6.75. The van der Waals surface area contributed by atoms with Gasteiger partial charge in [-0.15, -0.1) is 0 Å². The van der Waals surface area contributed by atoms with Gasteiger partial charge in [-0.05, 0) is 34.7 Å². The van der Waals surface area contributed by atoms with Crippen molar-refractivity contribution in [3.05, 3.63) is 0 Å². The Morgan fingerprint density at radius 2 is 2.05 bits per heavy atom. The normalized spacial score (nSPS) is 13.4. The molecule has 6 nitrogen and oxygen atoms in total. The van der Waals surface area contributed by atoms with Gasteiger partial charge >= 0.3 is 6.09 Å². The Hall–Kier alpha value is -0.850. The number of amides is 1. The second-order valence-electron chi connectivity index (χ2n) is 5.45. The van der Waals surface area contributed by atoms with Gasteiger partial charge in [-0.1, -0.05) is 0 Å². The van der Waals surface area contributed by atoms with Crippen LogP contribution in [0, 0.1) is 0 Å². The fourth-order valence-corrected chi connectivity index (χ4v) is 1.47. The molecule has 0 spiro atoms. The van der Waals surface area contributed by atoms with Gasteiger partial charge in [0.05, 0.1) is 6.61 Å². The number of alkyl carbamates (subject to hydrolysis) is 1. The molecule has 0 radical (unpaired) electrons. The van der Waals surface area contributed by atoms with Gasteiger partial charge < -0.3 is 20.5 Å². The van der Waals surface area contributed by atoms with Crippen LogP contribution in [0.5, 0.6) is 0 Å². The summed E-state index contributed by atoms with van der Waals surface area (Å²) in [5.74, 6) is 0. The van der Waals surface area contributed by atoms with Gasteiger partial charge in [0.1, 0.15) is 5.60 Å². The van der Waals surface area contributed by atoms with Crippen molar-refractivity contribution in [2.24, 2.45) is 5.73 Å². The SMILES string of the molecule is CCOCCN(C)C(CN)CNC(=O)OC(C)(C)C. The van der Waals surface area contributed by atoms with Crippen molar-refractivity contribution < 1.29 is 14.3 Å². The smallest absolute Gasteiger partial charge is 0.407 e. The Kier molecular flexibility index (Phi) is 8.71. The molecule has 0 fully saturated rings. The van der Waals surface area contributed by atoms with E-state index in [4.69, 9.17) is 15.2 Å². The van der Waals surface area contributed by atoms with Crippen LogP contribution in [0.25, 0.3) is 0 Å². The van der Waals surface area contributed by atoms with Crippen LogP contribution in [0.1, 0.15) is 27.7 Å². The second-order valence-corrected chi connectivity index (χ2v) is 5.45. The van der Waals surface area contributed by atoms with Crippen LogP contribution in [-0.2, 0) is 9.47 Å². The molecule has 0 saturated carbocycles. The average molecular weight is 275 g/mol. The maximum absolute atomic E-state index is 11.5. The van der Waals surface area contributed by atoms with Crippen molar-refractivity contribution in [3.8, 4) is 0 Å². The number of hydrogen-bond donors (Lipinski definition) is 2. The molecule has 0 rings (SSSR count). The van der Waals surface area contributed by atoms with E-state index in [0.717, 1.165) is 6.54 Å². The van der Waals surface area contributed by atoms with Gasteiger partial charge in [0.25, 0.3) is 0 Å². The van der Waals surface area contributed by atoms with E-state index in [1.165, 1.54) is 0 Å². The van der Waals surface area contributed by atoms with Gasteiger partial charge in [-0.2, -0.15) is 0 Å². The fraction of sp³-hybridized carbons (Fsp3) is 0.923. The molecule has 114 valence electrons. The number of carbonyl (C=O) groups excluding carboxylic acids is 1. The maximum Gasteiger partial charge on any atom is 0.407 e. The topological polar surface area (TPSA) is 76.8 Å². The molecule has 19 heavy (non-hydrogen) atoms. The van der Waals surface area contributed by atoms with E-state index in [1.807, 2.05) is 34.7 Å². The molecule has 1 amide bonds. The highest BCUT2D eigenvalue weighted by atomic mass is 16.6. The standard InChI is InChI=1S/C13H29N3O3/c1-6-18-8-7-16(5)11(9-14)10-15-12(17)19-13(2,3)4/h11H,6-10,14H2,1-5H3,(H,15,17). The molecule has 1 unspecified atom stereocenters. The lowest BCUT2D eigenvalue weighted by atomic mass is 10.2. The largest absolute Gasteiger partial charge is 0.444 e. The number of nitrogens with one attached hydrogen (secondary N) is 1. The number of ether oxygens (including phenoxy) is 2. The van der Waals surface area contributed by atoms with Crippen molar-refractivity contribution in [2.75, 3.05) is 39.9 Å². The minimum absolute atomic E-state index is 0.0768. The molecule has 0 aliphatic rings. The Morgan fingerprint density at radius 3 is 2.53 bits per heavy atom. The third-order valence-corrected chi connectivity index (χ3v) is 2.57. The molecule has 6 heteroatoms. The summed E-state index contributed by atoms with van der Waals surface area (Å²) in [5.41, 5.74) is 5.23. The van der Waals surface area contributed by atoms with Gasteiger partial charge in [0.2, 0.25) is 0 Å². The van der Waals surface area contributed by atoms with Gasteiger partial charge in [0.15, 0.2) is 0 Å². The molecule has 0 aromatic rings. The van der Waals surface area contributed by atoms with Crippen LogP contribution in [0.15, 0.2) is 0 Å². The summed E-state index contributed by atoms with van der Waals surface area (Å²) in [6.45, 7) is 10.6. The van der Waals surface area contributed by atoms with Crippen LogP contribution < -0.4 is 11.1 Å². The Labute approximate surface area is 116 Å². The third-order valence-electron chi connectivity index (χ3n) is 2.57. The number of nitrogens with zero attached hydrogens (tertiary/aromatic N) is 1. The highest BCUT2D eigenvalue weighted by Gasteiger charge is 2.18. The Balaban J connectivity index is 4.01. The quantitative estimate of drug-likeness (QED) is 0.641. The van der Waals surface area contributed by atoms with E-state index >= 15 is 0 Å². The number of carbonyl (C=O) groups is 1. The summed E-state index contributed by atoms with van der Waals surface area (Å²) in [6.07, 6.45) is -0.413. The van der Waals surface area contributed by atoms with Crippen LogP contribution in [0.2, 0.25) is 0 Å². The van der Waals surface area contributed by atoms with E-state index in [1.54, 1.807) is 0 Å². The van der Waals surface area contributed by atoms with Crippen LogP contribution >= 0.6 is 0 Å².